The highest BCUT2D eigenvalue weighted by Gasteiger charge is 2.18. The van der Waals surface area contributed by atoms with Gasteiger partial charge in [-0.2, -0.15) is 0 Å². The summed E-state index contributed by atoms with van der Waals surface area (Å²) in [6.45, 7) is 0. The van der Waals surface area contributed by atoms with Crippen LogP contribution in [0.5, 0.6) is 0 Å². The predicted molar refractivity (Wildman–Crippen MR) is 245 cm³/mol. The Kier molecular flexibility index (Phi) is 10.0. The average molecular weight is 770 g/mol. The molecule has 0 saturated carbocycles. The third-order valence-corrected chi connectivity index (χ3v) is 10.9. The van der Waals surface area contributed by atoms with E-state index in [0.717, 1.165) is 96.6 Å². The second kappa shape index (κ2) is 16.5. The molecule has 1 aliphatic carbocycles. The fourth-order valence-corrected chi connectivity index (χ4v) is 7.74. The van der Waals surface area contributed by atoms with E-state index in [1.54, 1.807) is 0 Å². The molecule has 0 bridgehead atoms. The van der Waals surface area contributed by atoms with E-state index in [1.807, 2.05) is 60.9 Å². The molecule has 0 saturated heterocycles. The van der Waals surface area contributed by atoms with Gasteiger partial charge in [0, 0.05) is 34.6 Å². The maximum atomic E-state index is 5.33. The van der Waals surface area contributed by atoms with Crippen molar-refractivity contribution < 1.29 is 0 Å². The lowest BCUT2D eigenvalue weighted by Gasteiger charge is -2.15. The summed E-state index contributed by atoms with van der Waals surface area (Å²) in [5, 5.41) is 0. The molecule has 0 unspecified atom stereocenters. The summed E-state index contributed by atoms with van der Waals surface area (Å²) < 4.78 is 0. The van der Waals surface area contributed by atoms with Crippen LogP contribution in [0.3, 0.4) is 0 Å². The van der Waals surface area contributed by atoms with Crippen molar-refractivity contribution in [2.45, 2.75) is 12.8 Å². The van der Waals surface area contributed by atoms with Gasteiger partial charge in [-0.3, -0.25) is 9.97 Å². The van der Waals surface area contributed by atoms with Crippen molar-refractivity contribution in [2.24, 2.45) is 0 Å². The number of pyridine rings is 2. The maximum absolute atomic E-state index is 5.33. The number of hydrogen-bond donors (Lipinski definition) is 0. The third-order valence-electron chi connectivity index (χ3n) is 10.9. The van der Waals surface area contributed by atoms with Gasteiger partial charge < -0.3 is 0 Å². The van der Waals surface area contributed by atoms with Gasteiger partial charge in [-0.05, 0) is 124 Å². The Morgan fingerprint density at radius 2 is 0.700 bits per heavy atom. The molecule has 5 heteroatoms. The standard InChI is InChI=1S/C55H39N5/c1-4-14-38(15-5-1)45-32-47(40-22-26-42(27-23-40)51-20-10-12-30-56-51)36-49(34-45)54-58-53(44-18-8-3-9-19-44)59-55(60-54)50-35-46(39-16-6-2-7-17-39)33-48(37-50)41-24-28-43(29-25-41)52-21-11-13-31-57-52/h1-8,10-18,20-37H,9,19H2. The van der Waals surface area contributed by atoms with Crippen molar-refractivity contribution in [2.75, 3.05) is 0 Å². The molecule has 284 valence electrons. The number of rotatable bonds is 9. The first-order valence-corrected chi connectivity index (χ1v) is 20.3. The minimum Gasteiger partial charge on any atom is -0.256 e. The van der Waals surface area contributed by atoms with Crippen LogP contribution in [0.4, 0.5) is 0 Å². The molecule has 1 aliphatic rings. The fraction of sp³-hybridized carbons (Fsp3) is 0.0364. The molecule has 0 N–H and O–H groups in total. The lowest BCUT2D eigenvalue weighted by atomic mass is 9.94. The smallest absolute Gasteiger partial charge is 0.164 e. The van der Waals surface area contributed by atoms with Crippen molar-refractivity contribution in [3.05, 3.63) is 218 Å². The Hall–Kier alpha value is -7.89. The van der Waals surface area contributed by atoms with Crippen molar-refractivity contribution in [3.8, 4) is 89.8 Å². The van der Waals surface area contributed by atoms with E-state index in [4.69, 9.17) is 15.0 Å². The van der Waals surface area contributed by atoms with Crippen LogP contribution >= 0.6 is 0 Å². The molecule has 0 aliphatic heterocycles. The van der Waals surface area contributed by atoms with Gasteiger partial charge in [-0.15, -0.1) is 0 Å². The molecule has 60 heavy (non-hydrogen) atoms. The molecule has 0 amide bonds. The average Bonchev–Trinajstić information content (AvgIpc) is 3.35. The number of hydrogen-bond acceptors (Lipinski definition) is 5. The van der Waals surface area contributed by atoms with Crippen LogP contribution in [0.15, 0.2) is 213 Å². The molecule has 0 fully saturated rings. The van der Waals surface area contributed by atoms with E-state index >= 15 is 0 Å². The Balaban J connectivity index is 1.13. The Morgan fingerprint density at radius 1 is 0.317 bits per heavy atom. The number of aromatic nitrogens is 5. The first-order chi connectivity index (χ1) is 29.7. The summed E-state index contributed by atoms with van der Waals surface area (Å²) in [6.07, 6.45) is 11.9. The Bertz CT molecular complexity index is 2790. The van der Waals surface area contributed by atoms with Crippen LogP contribution in [0.25, 0.3) is 95.4 Å². The van der Waals surface area contributed by atoms with Crippen LogP contribution in [0, 0.1) is 0 Å². The van der Waals surface area contributed by atoms with E-state index in [1.165, 1.54) is 0 Å². The molecule has 10 rings (SSSR count). The monoisotopic (exact) mass is 769 g/mol. The molecule has 3 aromatic heterocycles. The zero-order valence-electron chi connectivity index (χ0n) is 32.9. The highest BCUT2D eigenvalue weighted by Crippen LogP contribution is 2.37. The third kappa shape index (κ3) is 7.85. The largest absolute Gasteiger partial charge is 0.256 e. The maximum Gasteiger partial charge on any atom is 0.164 e. The summed E-state index contributed by atoms with van der Waals surface area (Å²) >= 11 is 0. The van der Waals surface area contributed by atoms with Crippen molar-refractivity contribution in [1.82, 2.24) is 24.9 Å². The summed E-state index contributed by atoms with van der Waals surface area (Å²) in [6, 6.07) is 63.5. The van der Waals surface area contributed by atoms with Gasteiger partial charge in [0.1, 0.15) is 0 Å². The highest BCUT2D eigenvalue weighted by molar-refractivity contribution is 5.83. The zero-order chi connectivity index (χ0) is 40.1. The van der Waals surface area contributed by atoms with Gasteiger partial charge in [-0.25, -0.2) is 15.0 Å². The second-order valence-corrected chi connectivity index (χ2v) is 14.9. The quantitative estimate of drug-likeness (QED) is 0.146. The van der Waals surface area contributed by atoms with Crippen LogP contribution in [0.2, 0.25) is 0 Å². The summed E-state index contributed by atoms with van der Waals surface area (Å²) in [4.78, 5) is 24.9. The molecule has 3 heterocycles. The molecule has 0 spiro atoms. The Labute approximate surface area is 350 Å². The van der Waals surface area contributed by atoms with E-state index in [-0.39, 0.29) is 0 Å². The summed E-state index contributed by atoms with van der Waals surface area (Å²) in [5.74, 6) is 1.94. The predicted octanol–water partition coefficient (Wildman–Crippen LogP) is 13.7. The van der Waals surface area contributed by atoms with Crippen LogP contribution < -0.4 is 0 Å². The van der Waals surface area contributed by atoms with Crippen molar-refractivity contribution in [3.63, 3.8) is 0 Å². The topological polar surface area (TPSA) is 64.5 Å². The number of benzene rings is 6. The SMILES string of the molecule is C1=CCCC(c2nc(-c3cc(-c4ccccc4)cc(-c4ccc(-c5ccccn5)cc4)c3)nc(-c3cc(-c4ccccc4)cc(-c4ccc(-c5ccccn5)cc4)c3)n2)=C1. The van der Waals surface area contributed by atoms with Crippen molar-refractivity contribution in [1.29, 1.82) is 0 Å². The normalized spacial score (nSPS) is 12.2. The first kappa shape index (κ1) is 36.5. The van der Waals surface area contributed by atoms with Gasteiger partial charge in [0.05, 0.1) is 11.4 Å². The highest BCUT2D eigenvalue weighted by atomic mass is 15.0. The molecular weight excluding hydrogens is 731 g/mol. The molecule has 0 radical (unpaired) electrons. The zero-order valence-corrected chi connectivity index (χ0v) is 32.9. The van der Waals surface area contributed by atoms with Gasteiger partial charge >= 0.3 is 0 Å². The second-order valence-electron chi connectivity index (χ2n) is 14.9. The molecular formula is C55H39N5. The summed E-state index contributed by atoms with van der Waals surface area (Å²) in [5.41, 5.74) is 15.7. The van der Waals surface area contributed by atoms with Gasteiger partial charge in [0.2, 0.25) is 0 Å². The lowest BCUT2D eigenvalue weighted by Crippen LogP contribution is -2.04. The first-order valence-electron chi connectivity index (χ1n) is 20.3. The van der Waals surface area contributed by atoms with Crippen LogP contribution in [-0.2, 0) is 0 Å². The van der Waals surface area contributed by atoms with Gasteiger partial charge in [0.25, 0.3) is 0 Å². The van der Waals surface area contributed by atoms with E-state index in [9.17, 15) is 0 Å². The minimum absolute atomic E-state index is 0.626. The molecule has 0 atom stereocenters. The van der Waals surface area contributed by atoms with E-state index in [0.29, 0.717) is 17.5 Å². The van der Waals surface area contributed by atoms with E-state index in [2.05, 4.69) is 162 Å². The van der Waals surface area contributed by atoms with Crippen LogP contribution in [-0.4, -0.2) is 24.9 Å². The van der Waals surface area contributed by atoms with Crippen LogP contribution in [0.1, 0.15) is 18.7 Å². The van der Waals surface area contributed by atoms with E-state index < -0.39 is 0 Å². The Morgan fingerprint density at radius 3 is 1.10 bits per heavy atom. The summed E-state index contributed by atoms with van der Waals surface area (Å²) in [7, 11) is 0. The fourth-order valence-electron chi connectivity index (χ4n) is 7.74. The lowest BCUT2D eigenvalue weighted by molar-refractivity contribution is 0.978. The molecule has 5 nitrogen and oxygen atoms in total. The molecule has 9 aromatic rings. The minimum atomic E-state index is 0.626. The van der Waals surface area contributed by atoms with Gasteiger partial charge in [0.15, 0.2) is 17.5 Å². The number of allylic oxidation sites excluding steroid dienone is 4. The molecule has 6 aromatic carbocycles. The van der Waals surface area contributed by atoms with Crippen molar-refractivity contribution >= 4 is 5.57 Å². The van der Waals surface area contributed by atoms with Gasteiger partial charge in [-0.1, -0.05) is 140 Å². The number of nitrogens with zero attached hydrogens (tertiary/aromatic N) is 5.